The van der Waals surface area contributed by atoms with E-state index in [2.05, 4.69) is 17.2 Å². The molecule has 28 heavy (non-hydrogen) atoms. The van der Waals surface area contributed by atoms with E-state index in [0.717, 1.165) is 42.8 Å². The van der Waals surface area contributed by atoms with E-state index in [1.165, 1.54) is 0 Å². The zero-order chi connectivity index (χ0) is 19.5. The number of para-hydroxylation sites is 1. The van der Waals surface area contributed by atoms with E-state index in [1.54, 1.807) is 6.20 Å². The normalized spacial score (nSPS) is 28.0. The van der Waals surface area contributed by atoms with Crippen molar-refractivity contribution >= 4 is 17.5 Å². The summed E-state index contributed by atoms with van der Waals surface area (Å²) in [6, 6.07) is 7.49. The Balaban J connectivity index is 1.67. The number of amides is 2. The summed E-state index contributed by atoms with van der Waals surface area (Å²) in [5, 5.41) is 3.07. The number of rotatable bonds is 2. The number of hydrogen-bond acceptors (Lipinski definition) is 3. The molecule has 1 saturated heterocycles. The smallest absolute Gasteiger partial charge is 0.237 e. The molecule has 6 heteroatoms. The third-order valence-electron chi connectivity index (χ3n) is 7.17. The van der Waals surface area contributed by atoms with Crippen molar-refractivity contribution in [3.8, 4) is 0 Å². The molecule has 1 spiro atoms. The number of benzene rings is 1. The van der Waals surface area contributed by atoms with Gasteiger partial charge in [-0.3, -0.25) is 9.59 Å². The lowest BCUT2D eigenvalue weighted by Crippen LogP contribution is -2.47. The third-order valence-corrected chi connectivity index (χ3v) is 7.17. The summed E-state index contributed by atoms with van der Waals surface area (Å²) >= 11 is 0. The van der Waals surface area contributed by atoms with Crippen LogP contribution in [-0.2, 0) is 22.1 Å². The van der Waals surface area contributed by atoms with Crippen molar-refractivity contribution in [1.29, 1.82) is 0 Å². The molecule has 6 nitrogen and oxygen atoms in total. The number of aryl methyl sites for hydroxylation is 1. The predicted molar refractivity (Wildman–Crippen MR) is 106 cm³/mol. The van der Waals surface area contributed by atoms with Crippen molar-refractivity contribution in [3.05, 3.63) is 48.0 Å². The first-order valence-corrected chi connectivity index (χ1v) is 10.2. The minimum absolute atomic E-state index is 0.0198. The number of anilines is 1. The van der Waals surface area contributed by atoms with E-state index >= 15 is 0 Å². The number of carbonyl (C=O) groups is 2. The molecule has 1 aromatic carbocycles. The fourth-order valence-corrected chi connectivity index (χ4v) is 5.62. The maximum atomic E-state index is 13.7. The highest BCUT2D eigenvalue weighted by molar-refractivity contribution is 6.07. The molecule has 2 fully saturated rings. The van der Waals surface area contributed by atoms with Gasteiger partial charge in [-0.05, 0) is 30.9 Å². The maximum absolute atomic E-state index is 13.7. The zero-order valence-corrected chi connectivity index (χ0v) is 16.4. The van der Waals surface area contributed by atoms with E-state index < -0.39 is 5.41 Å². The molecule has 0 bridgehead atoms. The molecular formula is C22H26N4O2. The van der Waals surface area contributed by atoms with Crippen LogP contribution >= 0.6 is 0 Å². The lowest BCUT2D eigenvalue weighted by Gasteiger charge is -2.37. The van der Waals surface area contributed by atoms with Crippen molar-refractivity contribution in [2.24, 2.45) is 12.5 Å². The first-order chi connectivity index (χ1) is 13.5. The van der Waals surface area contributed by atoms with Gasteiger partial charge in [0.05, 0.1) is 0 Å². The molecule has 1 aliphatic carbocycles. The number of likely N-dealkylation sites (tertiary alicyclic amines) is 1. The second-order valence-electron chi connectivity index (χ2n) is 8.79. The van der Waals surface area contributed by atoms with Crippen molar-refractivity contribution in [2.45, 2.75) is 50.5 Å². The minimum Gasteiger partial charge on any atom is -0.336 e. The Labute approximate surface area is 164 Å². The van der Waals surface area contributed by atoms with Gasteiger partial charge in [0, 0.05) is 37.1 Å². The Bertz CT molecular complexity index is 959. The van der Waals surface area contributed by atoms with Crippen LogP contribution < -0.4 is 5.32 Å². The Hall–Kier alpha value is -2.63. The van der Waals surface area contributed by atoms with Gasteiger partial charge in [0.1, 0.15) is 17.3 Å². The quantitative estimate of drug-likeness (QED) is 0.873. The second-order valence-corrected chi connectivity index (χ2v) is 8.79. The van der Waals surface area contributed by atoms with E-state index in [0.29, 0.717) is 13.0 Å². The number of fused-ring (bicyclic) bond motifs is 2. The predicted octanol–water partition coefficient (Wildman–Crippen LogP) is 3.16. The highest BCUT2D eigenvalue weighted by atomic mass is 16.2. The van der Waals surface area contributed by atoms with Gasteiger partial charge in [-0.1, -0.05) is 38.0 Å². The van der Waals surface area contributed by atoms with Crippen LogP contribution in [0.5, 0.6) is 0 Å². The first kappa shape index (κ1) is 17.5. The summed E-state index contributed by atoms with van der Waals surface area (Å²) in [4.78, 5) is 33.6. The summed E-state index contributed by atoms with van der Waals surface area (Å²) in [6.07, 6.45) is 8.29. The van der Waals surface area contributed by atoms with Gasteiger partial charge in [-0.2, -0.15) is 0 Å². The van der Waals surface area contributed by atoms with Crippen LogP contribution in [0.3, 0.4) is 0 Å². The van der Waals surface area contributed by atoms with Crippen LogP contribution in [0.1, 0.15) is 56.5 Å². The molecule has 2 atom stereocenters. The average molecular weight is 378 g/mol. The van der Waals surface area contributed by atoms with Gasteiger partial charge in [-0.25, -0.2) is 4.98 Å². The van der Waals surface area contributed by atoms with Crippen LogP contribution in [0.15, 0.2) is 36.7 Å². The number of hydrogen-bond donors (Lipinski definition) is 1. The van der Waals surface area contributed by atoms with Crippen LogP contribution in [0.25, 0.3) is 0 Å². The number of nitrogens with one attached hydrogen (secondary N) is 1. The van der Waals surface area contributed by atoms with E-state index in [9.17, 15) is 9.59 Å². The summed E-state index contributed by atoms with van der Waals surface area (Å²) < 4.78 is 1.95. The molecule has 2 aliphatic heterocycles. The van der Waals surface area contributed by atoms with Crippen LogP contribution in [0.4, 0.5) is 5.69 Å². The molecule has 0 radical (unpaired) electrons. The summed E-state index contributed by atoms with van der Waals surface area (Å²) in [7, 11) is 1.94. The molecule has 1 saturated carbocycles. The SMILES string of the molecule is Cn1ccnc1C1N(C(=O)C2(C)CCCC2)CCC12C(=O)Nc1ccccc12. The van der Waals surface area contributed by atoms with E-state index in [1.807, 2.05) is 47.0 Å². The third kappa shape index (κ3) is 2.17. The topological polar surface area (TPSA) is 67.2 Å². The molecule has 3 heterocycles. The Kier molecular flexibility index (Phi) is 3.70. The largest absolute Gasteiger partial charge is 0.336 e. The lowest BCUT2D eigenvalue weighted by atomic mass is 9.74. The Morgan fingerprint density at radius 1 is 1.21 bits per heavy atom. The van der Waals surface area contributed by atoms with E-state index in [4.69, 9.17) is 0 Å². The molecule has 5 rings (SSSR count). The lowest BCUT2D eigenvalue weighted by molar-refractivity contribution is -0.143. The Morgan fingerprint density at radius 3 is 2.68 bits per heavy atom. The fraction of sp³-hybridized carbons (Fsp3) is 0.500. The second kappa shape index (κ2) is 5.93. The average Bonchev–Trinajstić information content (AvgIpc) is 3.44. The standard InChI is InChI=1S/C22H26N4O2/c1-21(9-5-6-10-21)20(28)26-13-11-22(17(26)18-23-12-14-25(18)2)15-7-3-4-8-16(15)24-19(22)27/h3-4,7-8,12,14,17H,5-6,9-11,13H2,1-2H3,(H,24,27). The van der Waals surface area contributed by atoms with Crippen molar-refractivity contribution < 1.29 is 9.59 Å². The number of nitrogens with zero attached hydrogens (tertiary/aromatic N) is 3. The van der Waals surface area contributed by atoms with Gasteiger partial charge in [0.15, 0.2) is 0 Å². The van der Waals surface area contributed by atoms with Gasteiger partial charge in [-0.15, -0.1) is 0 Å². The summed E-state index contributed by atoms with van der Waals surface area (Å²) in [5.74, 6) is 0.930. The van der Waals surface area contributed by atoms with Crippen molar-refractivity contribution in [3.63, 3.8) is 0 Å². The van der Waals surface area contributed by atoms with Gasteiger partial charge in [0.25, 0.3) is 0 Å². The minimum atomic E-state index is -0.777. The van der Waals surface area contributed by atoms with Crippen molar-refractivity contribution in [2.75, 3.05) is 11.9 Å². The highest BCUT2D eigenvalue weighted by Crippen LogP contribution is 2.55. The molecular weight excluding hydrogens is 352 g/mol. The molecule has 3 aliphatic rings. The highest BCUT2D eigenvalue weighted by Gasteiger charge is 2.61. The zero-order valence-electron chi connectivity index (χ0n) is 16.4. The van der Waals surface area contributed by atoms with Crippen molar-refractivity contribution in [1.82, 2.24) is 14.5 Å². The number of imidazole rings is 1. The Morgan fingerprint density at radius 2 is 1.96 bits per heavy atom. The van der Waals surface area contributed by atoms with Gasteiger partial charge >= 0.3 is 0 Å². The van der Waals surface area contributed by atoms with Crippen LogP contribution in [0, 0.1) is 5.41 Å². The molecule has 2 amide bonds. The molecule has 1 N–H and O–H groups in total. The fourth-order valence-electron chi connectivity index (χ4n) is 5.62. The van der Waals surface area contributed by atoms with Crippen LogP contribution in [0.2, 0.25) is 0 Å². The van der Waals surface area contributed by atoms with E-state index in [-0.39, 0.29) is 23.3 Å². The van der Waals surface area contributed by atoms with Crippen LogP contribution in [-0.4, -0.2) is 32.8 Å². The first-order valence-electron chi connectivity index (χ1n) is 10.2. The van der Waals surface area contributed by atoms with Gasteiger partial charge < -0.3 is 14.8 Å². The van der Waals surface area contributed by atoms with Gasteiger partial charge in [0.2, 0.25) is 11.8 Å². The molecule has 2 aromatic rings. The summed E-state index contributed by atoms with van der Waals surface area (Å²) in [5.41, 5.74) is 0.733. The number of aromatic nitrogens is 2. The molecule has 2 unspecified atom stereocenters. The molecule has 146 valence electrons. The summed E-state index contributed by atoms with van der Waals surface area (Å²) in [6.45, 7) is 2.67. The maximum Gasteiger partial charge on any atom is 0.237 e. The number of carbonyl (C=O) groups excluding carboxylic acids is 2. The molecule has 1 aromatic heterocycles. The monoisotopic (exact) mass is 378 g/mol.